The summed E-state index contributed by atoms with van der Waals surface area (Å²) in [5.41, 5.74) is 0. The lowest BCUT2D eigenvalue weighted by Crippen LogP contribution is -2.35. The van der Waals surface area contributed by atoms with E-state index in [1.165, 1.54) is 0 Å². The average Bonchev–Trinajstić information content (AvgIpc) is 2.22. The van der Waals surface area contributed by atoms with E-state index in [1.54, 1.807) is 0 Å². The highest BCUT2D eigenvalue weighted by molar-refractivity contribution is 4.63. The zero-order valence-electron chi connectivity index (χ0n) is 10.9. The molecule has 1 N–H and O–H groups in total. The predicted octanol–water partition coefficient (Wildman–Crippen LogP) is 2.20. The van der Waals surface area contributed by atoms with Crippen LogP contribution in [0, 0.1) is 0 Å². The van der Waals surface area contributed by atoms with Gasteiger partial charge in [-0.3, -0.25) is 0 Å². The van der Waals surface area contributed by atoms with Gasteiger partial charge in [-0.15, -0.1) is 0 Å². The lowest BCUT2D eigenvalue weighted by atomic mass is 10.2. The van der Waals surface area contributed by atoms with Crippen LogP contribution in [-0.2, 0) is 9.47 Å². The number of hydrogen-bond acceptors (Lipinski definition) is 3. The van der Waals surface area contributed by atoms with Crippen molar-refractivity contribution in [3.8, 4) is 0 Å². The SMILES string of the molecule is CCOCC(C)OC(C)CNC(C)CC. The molecule has 0 aliphatic heterocycles. The Morgan fingerprint density at radius 2 is 1.73 bits per heavy atom. The first-order chi connectivity index (χ1) is 7.10. The standard InChI is InChI=1S/C12H27NO2/c1-6-10(3)13-8-11(4)15-12(5)9-14-7-2/h10-13H,6-9H2,1-5H3. The minimum Gasteiger partial charge on any atom is -0.379 e. The highest BCUT2D eigenvalue weighted by Gasteiger charge is 2.09. The molecule has 3 nitrogen and oxygen atoms in total. The van der Waals surface area contributed by atoms with Gasteiger partial charge in [0.05, 0.1) is 18.8 Å². The van der Waals surface area contributed by atoms with Crippen molar-refractivity contribution in [3.63, 3.8) is 0 Å². The van der Waals surface area contributed by atoms with E-state index in [1.807, 2.05) is 6.92 Å². The molecule has 3 unspecified atom stereocenters. The molecule has 0 rings (SSSR count). The predicted molar refractivity (Wildman–Crippen MR) is 64.3 cm³/mol. The second kappa shape index (κ2) is 9.13. The Labute approximate surface area is 94.5 Å². The summed E-state index contributed by atoms with van der Waals surface area (Å²) in [5.74, 6) is 0. The molecule has 0 saturated heterocycles. The maximum Gasteiger partial charge on any atom is 0.0784 e. The normalized spacial score (nSPS) is 17.4. The van der Waals surface area contributed by atoms with Gasteiger partial charge in [0.25, 0.3) is 0 Å². The lowest BCUT2D eigenvalue weighted by Gasteiger charge is -2.21. The van der Waals surface area contributed by atoms with Gasteiger partial charge in [0.2, 0.25) is 0 Å². The van der Waals surface area contributed by atoms with E-state index in [-0.39, 0.29) is 12.2 Å². The first-order valence-corrected chi connectivity index (χ1v) is 6.06. The molecule has 0 aliphatic carbocycles. The van der Waals surface area contributed by atoms with Crippen LogP contribution in [0.1, 0.15) is 41.0 Å². The minimum atomic E-state index is 0.179. The quantitative estimate of drug-likeness (QED) is 0.642. The van der Waals surface area contributed by atoms with Gasteiger partial charge in [-0.1, -0.05) is 6.92 Å². The van der Waals surface area contributed by atoms with Crippen molar-refractivity contribution in [2.45, 2.75) is 59.3 Å². The van der Waals surface area contributed by atoms with Crippen molar-refractivity contribution in [2.24, 2.45) is 0 Å². The molecule has 0 aromatic heterocycles. The van der Waals surface area contributed by atoms with E-state index in [9.17, 15) is 0 Å². The Kier molecular flexibility index (Phi) is 9.06. The van der Waals surface area contributed by atoms with Gasteiger partial charge >= 0.3 is 0 Å². The van der Waals surface area contributed by atoms with Crippen molar-refractivity contribution >= 4 is 0 Å². The highest BCUT2D eigenvalue weighted by Crippen LogP contribution is 1.99. The number of rotatable bonds is 9. The molecule has 0 aromatic rings. The van der Waals surface area contributed by atoms with E-state index in [2.05, 4.69) is 33.0 Å². The lowest BCUT2D eigenvalue weighted by molar-refractivity contribution is -0.0389. The Bertz CT molecular complexity index is 142. The van der Waals surface area contributed by atoms with Gasteiger partial charge in [-0.05, 0) is 34.1 Å². The van der Waals surface area contributed by atoms with Crippen molar-refractivity contribution in [2.75, 3.05) is 19.8 Å². The molecule has 0 saturated carbocycles. The van der Waals surface area contributed by atoms with Crippen molar-refractivity contribution < 1.29 is 9.47 Å². The molecular weight excluding hydrogens is 190 g/mol. The van der Waals surface area contributed by atoms with Crippen molar-refractivity contribution in [1.29, 1.82) is 0 Å². The van der Waals surface area contributed by atoms with Crippen LogP contribution >= 0.6 is 0 Å². The smallest absolute Gasteiger partial charge is 0.0784 e. The van der Waals surface area contributed by atoms with Crippen LogP contribution in [0.5, 0.6) is 0 Å². The summed E-state index contributed by atoms with van der Waals surface area (Å²) in [7, 11) is 0. The van der Waals surface area contributed by atoms with Crippen LogP contribution in [0.3, 0.4) is 0 Å². The number of nitrogens with one attached hydrogen (secondary N) is 1. The van der Waals surface area contributed by atoms with Crippen LogP contribution in [0.4, 0.5) is 0 Å². The Hall–Kier alpha value is -0.120. The Morgan fingerprint density at radius 1 is 1.07 bits per heavy atom. The average molecular weight is 217 g/mol. The molecule has 92 valence electrons. The van der Waals surface area contributed by atoms with Crippen LogP contribution in [-0.4, -0.2) is 38.0 Å². The molecule has 3 atom stereocenters. The minimum absolute atomic E-state index is 0.179. The van der Waals surface area contributed by atoms with Gasteiger partial charge in [-0.25, -0.2) is 0 Å². The molecule has 0 spiro atoms. The third-order valence-electron chi connectivity index (χ3n) is 2.39. The summed E-state index contributed by atoms with van der Waals surface area (Å²) >= 11 is 0. The zero-order chi connectivity index (χ0) is 11.7. The summed E-state index contributed by atoms with van der Waals surface area (Å²) in [5, 5.41) is 3.43. The molecule has 15 heavy (non-hydrogen) atoms. The molecule has 0 bridgehead atoms. The van der Waals surface area contributed by atoms with Crippen molar-refractivity contribution in [3.05, 3.63) is 0 Å². The summed E-state index contributed by atoms with van der Waals surface area (Å²) in [4.78, 5) is 0. The summed E-state index contributed by atoms with van der Waals surface area (Å²) in [6.07, 6.45) is 1.58. The Morgan fingerprint density at radius 3 is 2.27 bits per heavy atom. The largest absolute Gasteiger partial charge is 0.379 e. The van der Waals surface area contributed by atoms with E-state index in [0.717, 1.165) is 19.6 Å². The van der Waals surface area contributed by atoms with Crippen LogP contribution in [0.2, 0.25) is 0 Å². The second-order valence-corrected chi connectivity index (χ2v) is 4.13. The summed E-state index contributed by atoms with van der Waals surface area (Å²) in [6.45, 7) is 12.9. The van der Waals surface area contributed by atoms with Crippen LogP contribution in [0.25, 0.3) is 0 Å². The fraction of sp³-hybridized carbons (Fsp3) is 1.00. The first kappa shape index (κ1) is 14.9. The monoisotopic (exact) mass is 217 g/mol. The van der Waals surface area contributed by atoms with E-state index in [0.29, 0.717) is 12.6 Å². The van der Waals surface area contributed by atoms with E-state index < -0.39 is 0 Å². The molecule has 0 aliphatic rings. The van der Waals surface area contributed by atoms with Gasteiger partial charge < -0.3 is 14.8 Å². The number of hydrogen-bond donors (Lipinski definition) is 1. The molecule has 0 radical (unpaired) electrons. The third-order valence-corrected chi connectivity index (χ3v) is 2.39. The van der Waals surface area contributed by atoms with E-state index >= 15 is 0 Å². The fourth-order valence-electron chi connectivity index (χ4n) is 1.28. The van der Waals surface area contributed by atoms with Crippen LogP contribution < -0.4 is 5.32 Å². The highest BCUT2D eigenvalue weighted by atomic mass is 16.5. The Balaban J connectivity index is 3.50. The van der Waals surface area contributed by atoms with Crippen molar-refractivity contribution in [1.82, 2.24) is 5.32 Å². The number of ether oxygens (including phenoxy) is 2. The maximum atomic E-state index is 5.76. The summed E-state index contributed by atoms with van der Waals surface area (Å²) in [6, 6.07) is 0.568. The topological polar surface area (TPSA) is 30.5 Å². The molecule has 0 heterocycles. The molecule has 3 heteroatoms. The fourth-order valence-corrected chi connectivity index (χ4v) is 1.28. The van der Waals surface area contributed by atoms with Gasteiger partial charge in [0.15, 0.2) is 0 Å². The molecule has 0 aromatic carbocycles. The third kappa shape index (κ3) is 8.85. The maximum absolute atomic E-state index is 5.76. The molecular formula is C12H27NO2. The second-order valence-electron chi connectivity index (χ2n) is 4.13. The molecule has 0 amide bonds. The van der Waals surface area contributed by atoms with E-state index in [4.69, 9.17) is 9.47 Å². The summed E-state index contributed by atoms with van der Waals surface area (Å²) < 4.78 is 11.1. The zero-order valence-corrected chi connectivity index (χ0v) is 10.9. The molecule has 0 fully saturated rings. The first-order valence-electron chi connectivity index (χ1n) is 6.06. The van der Waals surface area contributed by atoms with Gasteiger partial charge in [0, 0.05) is 19.2 Å². The van der Waals surface area contributed by atoms with Crippen LogP contribution in [0.15, 0.2) is 0 Å². The van der Waals surface area contributed by atoms with Gasteiger partial charge in [-0.2, -0.15) is 0 Å². The van der Waals surface area contributed by atoms with Gasteiger partial charge in [0.1, 0.15) is 0 Å².